The highest BCUT2D eigenvalue weighted by molar-refractivity contribution is 7.89. The lowest BCUT2D eigenvalue weighted by Crippen LogP contribution is -2.37. The van der Waals surface area contributed by atoms with Crippen LogP contribution in [0.1, 0.15) is 11.3 Å². The molecule has 3 aromatic rings. The molecule has 0 aliphatic heterocycles. The highest BCUT2D eigenvalue weighted by atomic mass is 35.5. The first-order chi connectivity index (χ1) is 14.2. The maximum atomic E-state index is 11.6. The van der Waals surface area contributed by atoms with E-state index in [9.17, 15) is 13.2 Å². The number of alkyl carbamates (subject to hydrolysis) is 1. The van der Waals surface area contributed by atoms with Crippen molar-refractivity contribution in [2.45, 2.75) is 13.5 Å². The van der Waals surface area contributed by atoms with E-state index >= 15 is 0 Å². The SMILES string of the molecule is Cc1ccc2cc(Oc3ccc(COC(=O)N/C(N)=N/S(C)(=O)=O)cc3)ccc2n1.Cl.Cl. The van der Waals surface area contributed by atoms with Crippen LogP contribution in [0, 0.1) is 6.92 Å². The molecule has 0 spiro atoms. The summed E-state index contributed by atoms with van der Waals surface area (Å²) in [7, 11) is -3.71. The Labute approximate surface area is 197 Å². The highest BCUT2D eigenvalue weighted by Gasteiger charge is 2.08. The molecular weight excluding hydrogens is 479 g/mol. The van der Waals surface area contributed by atoms with Crippen molar-refractivity contribution in [1.82, 2.24) is 10.3 Å². The van der Waals surface area contributed by atoms with Crippen LogP contribution >= 0.6 is 24.8 Å². The molecule has 172 valence electrons. The number of pyridine rings is 1. The van der Waals surface area contributed by atoms with Gasteiger partial charge >= 0.3 is 6.09 Å². The monoisotopic (exact) mass is 500 g/mol. The first-order valence-corrected chi connectivity index (χ1v) is 10.7. The molecule has 1 aromatic heterocycles. The fraction of sp³-hybridized carbons (Fsp3) is 0.150. The van der Waals surface area contributed by atoms with Gasteiger partial charge in [0.15, 0.2) is 0 Å². The number of nitrogens with zero attached hydrogens (tertiary/aromatic N) is 2. The Morgan fingerprint density at radius 3 is 2.38 bits per heavy atom. The van der Waals surface area contributed by atoms with Crippen molar-refractivity contribution in [3.8, 4) is 11.5 Å². The topological polar surface area (TPSA) is 133 Å². The van der Waals surface area contributed by atoms with Gasteiger partial charge in [0.1, 0.15) is 18.1 Å². The van der Waals surface area contributed by atoms with E-state index in [0.717, 1.165) is 22.9 Å². The molecule has 0 fully saturated rings. The Morgan fingerprint density at radius 2 is 1.72 bits per heavy atom. The van der Waals surface area contributed by atoms with Crippen molar-refractivity contribution in [2.75, 3.05) is 6.26 Å². The third-order valence-electron chi connectivity index (χ3n) is 3.82. The molecule has 0 atom stereocenters. The van der Waals surface area contributed by atoms with Crippen molar-refractivity contribution in [1.29, 1.82) is 0 Å². The minimum Gasteiger partial charge on any atom is -0.457 e. The maximum absolute atomic E-state index is 11.6. The van der Waals surface area contributed by atoms with Gasteiger partial charge in [-0.3, -0.25) is 10.3 Å². The number of nitrogens with one attached hydrogen (secondary N) is 1. The Hall–Kier alpha value is -3.08. The molecule has 3 N–H and O–H groups in total. The molecule has 3 rings (SSSR count). The van der Waals surface area contributed by atoms with Gasteiger partial charge in [0.2, 0.25) is 5.96 Å². The molecule has 9 nitrogen and oxygen atoms in total. The lowest BCUT2D eigenvalue weighted by Gasteiger charge is -2.09. The summed E-state index contributed by atoms with van der Waals surface area (Å²) >= 11 is 0. The number of halogens is 2. The van der Waals surface area contributed by atoms with Crippen LogP contribution in [-0.4, -0.2) is 31.7 Å². The number of ether oxygens (including phenoxy) is 2. The van der Waals surface area contributed by atoms with Gasteiger partial charge in [-0.05, 0) is 48.9 Å². The summed E-state index contributed by atoms with van der Waals surface area (Å²) in [6.07, 6.45) is -0.0630. The van der Waals surface area contributed by atoms with E-state index in [1.165, 1.54) is 0 Å². The molecule has 1 heterocycles. The van der Waals surface area contributed by atoms with Crippen LogP contribution in [0.25, 0.3) is 10.9 Å². The van der Waals surface area contributed by atoms with Crippen LogP contribution in [-0.2, 0) is 21.4 Å². The number of amides is 1. The highest BCUT2D eigenvalue weighted by Crippen LogP contribution is 2.25. The molecule has 32 heavy (non-hydrogen) atoms. The smallest absolute Gasteiger partial charge is 0.414 e. The zero-order valence-electron chi connectivity index (χ0n) is 17.1. The van der Waals surface area contributed by atoms with E-state index in [0.29, 0.717) is 17.1 Å². The molecule has 0 saturated heterocycles. The zero-order chi connectivity index (χ0) is 21.7. The summed E-state index contributed by atoms with van der Waals surface area (Å²) in [6, 6.07) is 16.6. The normalized spacial score (nSPS) is 11.1. The van der Waals surface area contributed by atoms with Crippen LogP contribution in [0.5, 0.6) is 11.5 Å². The van der Waals surface area contributed by atoms with E-state index in [4.69, 9.17) is 15.2 Å². The fourth-order valence-corrected chi connectivity index (χ4v) is 2.95. The van der Waals surface area contributed by atoms with Crippen LogP contribution in [0.3, 0.4) is 0 Å². The van der Waals surface area contributed by atoms with Gasteiger partial charge in [-0.2, -0.15) is 0 Å². The Balaban J connectivity index is 0.00000256. The second-order valence-corrected chi connectivity index (χ2v) is 8.11. The average molecular weight is 501 g/mol. The number of guanidine groups is 1. The summed E-state index contributed by atoms with van der Waals surface area (Å²) in [5.74, 6) is 0.733. The van der Waals surface area contributed by atoms with E-state index in [2.05, 4.69) is 9.38 Å². The van der Waals surface area contributed by atoms with Gasteiger partial charge in [0.25, 0.3) is 10.0 Å². The number of rotatable bonds is 5. The lowest BCUT2D eigenvalue weighted by molar-refractivity contribution is 0.145. The molecular formula is C20H22Cl2N4O5S. The number of hydrogen-bond acceptors (Lipinski definition) is 6. The molecule has 0 aliphatic carbocycles. The zero-order valence-corrected chi connectivity index (χ0v) is 19.6. The first kappa shape index (κ1) is 27.0. The number of benzene rings is 2. The average Bonchev–Trinajstić information content (AvgIpc) is 2.66. The summed E-state index contributed by atoms with van der Waals surface area (Å²) in [4.78, 5) is 16.1. The van der Waals surface area contributed by atoms with Gasteiger partial charge < -0.3 is 15.2 Å². The van der Waals surface area contributed by atoms with Gasteiger partial charge in [-0.1, -0.05) is 18.2 Å². The van der Waals surface area contributed by atoms with Gasteiger partial charge in [0, 0.05) is 11.1 Å². The van der Waals surface area contributed by atoms with Gasteiger partial charge in [-0.25, -0.2) is 13.2 Å². The first-order valence-electron chi connectivity index (χ1n) is 8.81. The molecule has 0 radical (unpaired) electrons. The van der Waals surface area contributed by atoms with Crippen molar-refractivity contribution in [3.05, 3.63) is 65.9 Å². The lowest BCUT2D eigenvalue weighted by atomic mass is 10.2. The largest absolute Gasteiger partial charge is 0.457 e. The third-order valence-corrected chi connectivity index (χ3v) is 4.35. The quantitative estimate of drug-likeness (QED) is 0.403. The van der Waals surface area contributed by atoms with E-state index in [-0.39, 0.29) is 31.4 Å². The number of sulfonamides is 1. The van der Waals surface area contributed by atoms with Gasteiger partial charge in [-0.15, -0.1) is 29.2 Å². The summed E-state index contributed by atoms with van der Waals surface area (Å²) < 4.78 is 35.9. The molecule has 0 saturated carbocycles. The van der Waals surface area contributed by atoms with Crippen molar-refractivity contribution in [3.63, 3.8) is 0 Å². The standard InChI is InChI=1S/C20H20N4O5S.2ClH/c1-13-3-6-15-11-17(9-10-18(15)22-13)29-16-7-4-14(5-8-16)12-28-20(25)23-19(21)24-30(2,26)27;;/h3-11H,12H2,1-2H3,(H3,21,23,24,25);2*1H. The van der Waals surface area contributed by atoms with Gasteiger partial charge in [0.05, 0.1) is 11.8 Å². The minimum absolute atomic E-state index is 0. The number of fused-ring (bicyclic) bond motifs is 1. The number of carbonyl (C=O) groups excluding carboxylic acids is 1. The number of aromatic nitrogens is 1. The Bertz CT molecular complexity index is 1220. The van der Waals surface area contributed by atoms with E-state index in [1.807, 2.05) is 42.6 Å². The molecule has 0 unspecified atom stereocenters. The number of carbonyl (C=O) groups is 1. The molecule has 0 aliphatic rings. The molecule has 1 amide bonds. The molecule has 12 heteroatoms. The number of hydrogen-bond donors (Lipinski definition) is 2. The summed E-state index contributed by atoms with van der Waals surface area (Å²) in [5, 5.41) is 3.01. The van der Waals surface area contributed by atoms with Crippen molar-refractivity contribution < 1.29 is 22.7 Å². The van der Waals surface area contributed by atoms with Crippen LogP contribution in [0.2, 0.25) is 0 Å². The van der Waals surface area contributed by atoms with Crippen molar-refractivity contribution >= 4 is 57.8 Å². The summed E-state index contributed by atoms with van der Waals surface area (Å²) in [6.45, 7) is 1.90. The molecule has 0 bridgehead atoms. The number of aryl methyl sites for hydroxylation is 1. The second kappa shape index (κ2) is 11.5. The van der Waals surface area contributed by atoms with Crippen LogP contribution in [0.15, 0.2) is 59.0 Å². The van der Waals surface area contributed by atoms with Crippen LogP contribution in [0.4, 0.5) is 4.79 Å². The number of nitrogens with two attached hydrogens (primary N) is 1. The Kier molecular flexibility index (Phi) is 9.70. The van der Waals surface area contributed by atoms with Crippen molar-refractivity contribution in [2.24, 2.45) is 10.1 Å². The predicted molar refractivity (Wildman–Crippen MR) is 127 cm³/mol. The van der Waals surface area contributed by atoms with E-state index < -0.39 is 22.1 Å². The predicted octanol–water partition coefficient (Wildman–Crippen LogP) is 3.68. The third kappa shape index (κ3) is 8.22. The minimum atomic E-state index is -3.71. The fourth-order valence-electron chi connectivity index (χ4n) is 2.55. The summed E-state index contributed by atoms with van der Waals surface area (Å²) in [5.41, 5.74) is 7.86. The maximum Gasteiger partial charge on any atom is 0.414 e. The van der Waals surface area contributed by atoms with Crippen LogP contribution < -0.4 is 15.8 Å². The Morgan fingerprint density at radius 1 is 1.06 bits per heavy atom. The molecule has 2 aromatic carbocycles. The van der Waals surface area contributed by atoms with E-state index in [1.54, 1.807) is 24.3 Å². The second-order valence-electron chi connectivity index (χ2n) is 6.46.